The van der Waals surface area contributed by atoms with Crippen LogP contribution in [0.1, 0.15) is 40.2 Å². The van der Waals surface area contributed by atoms with Crippen LogP contribution < -0.4 is 10.3 Å². The minimum absolute atomic E-state index is 0.0765. The number of nitrogens with zero attached hydrogens (tertiary/aromatic N) is 3. The second-order valence-electron chi connectivity index (χ2n) is 7.20. The third-order valence-corrected chi connectivity index (χ3v) is 5.38. The molecule has 0 spiro atoms. The lowest BCUT2D eigenvalue weighted by Crippen LogP contribution is -2.30. The Morgan fingerprint density at radius 1 is 1.19 bits per heavy atom. The van der Waals surface area contributed by atoms with Crippen molar-refractivity contribution in [2.24, 2.45) is 0 Å². The number of fused-ring (bicyclic) bond motifs is 1. The molecule has 0 aliphatic heterocycles. The van der Waals surface area contributed by atoms with E-state index in [1.165, 1.54) is 21.4 Å². The zero-order valence-electron chi connectivity index (χ0n) is 15.9. The van der Waals surface area contributed by atoms with E-state index >= 15 is 0 Å². The van der Waals surface area contributed by atoms with E-state index in [0.29, 0.717) is 17.6 Å². The van der Waals surface area contributed by atoms with E-state index in [1.807, 2.05) is 12.3 Å². The summed E-state index contributed by atoms with van der Waals surface area (Å²) < 4.78 is 6.53. The molecule has 0 amide bonds. The molecule has 138 valence electrons. The molecule has 0 fully saturated rings. The molecule has 27 heavy (non-hydrogen) atoms. The first-order valence-corrected chi connectivity index (χ1v) is 9.25. The third-order valence-electron chi connectivity index (χ3n) is 5.38. The molecule has 5 heteroatoms. The molecule has 0 saturated heterocycles. The van der Waals surface area contributed by atoms with Gasteiger partial charge < -0.3 is 4.74 Å². The van der Waals surface area contributed by atoms with E-state index in [4.69, 9.17) is 4.74 Å². The van der Waals surface area contributed by atoms with E-state index in [-0.39, 0.29) is 5.56 Å². The first-order chi connectivity index (χ1) is 13.1. The monoisotopic (exact) mass is 361 g/mol. The predicted molar refractivity (Wildman–Crippen MR) is 105 cm³/mol. The highest BCUT2D eigenvalue weighted by Gasteiger charge is 2.25. The zero-order chi connectivity index (χ0) is 19.0. The van der Waals surface area contributed by atoms with Crippen LogP contribution in [0, 0.1) is 13.8 Å². The Hall–Kier alpha value is -2.95. The lowest BCUT2D eigenvalue weighted by atomic mass is 9.79. The highest BCUT2D eigenvalue weighted by Crippen LogP contribution is 2.33. The molecule has 3 aromatic rings. The Bertz CT molecular complexity index is 1060. The Morgan fingerprint density at radius 3 is 2.81 bits per heavy atom. The molecule has 0 bridgehead atoms. The second-order valence-corrected chi connectivity index (χ2v) is 7.20. The summed E-state index contributed by atoms with van der Waals surface area (Å²) >= 11 is 0. The number of ether oxygens (including phenoxy) is 1. The summed E-state index contributed by atoms with van der Waals surface area (Å²) in [4.78, 5) is 17.3. The fourth-order valence-corrected chi connectivity index (χ4v) is 4.00. The van der Waals surface area contributed by atoms with Gasteiger partial charge in [0.05, 0.1) is 13.3 Å². The third kappa shape index (κ3) is 3.25. The molecule has 0 N–H and O–H groups in total. The number of hydrogen-bond donors (Lipinski definition) is 0. The predicted octanol–water partition coefficient (Wildman–Crippen LogP) is 3.53. The number of aromatic nitrogens is 3. The van der Waals surface area contributed by atoms with Crippen LogP contribution in [-0.4, -0.2) is 21.9 Å². The van der Waals surface area contributed by atoms with Gasteiger partial charge >= 0.3 is 0 Å². The van der Waals surface area contributed by atoms with Gasteiger partial charge in [-0.3, -0.25) is 4.79 Å². The first-order valence-electron chi connectivity index (χ1n) is 9.25. The molecule has 4 rings (SSSR count). The normalized spacial score (nSPS) is 16.0. The molecule has 1 aromatic carbocycles. The molecule has 1 unspecified atom stereocenters. The van der Waals surface area contributed by atoms with Gasteiger partial charge in [-0.1, -0.05) is 29.8 Å². The maximum absolute atomic E-state index is 13.0. The summed E-state index contributed by atoms with van der Waals surface area (Å²) in [6.07, 6.45) is 4.42. The first kappa shape index (κ1) is 17.5. The van der Waals surface area contributed by atoms with Crippen molar-refractivity contribution in [3.05, 3.63) is 80.8 Å². The van der Waals surface area contributed by atoms with Crippen molar-refractivity contribution >= 4 is 0 Å². The van der Waals surface area contributed by atoms with Gasteiger partial charge in [-0.25, -0.2) is 0 Å². The topological polar surface area (TPSA) is 57.0 Å². The van der Waals surface area contributed by atoms with Crippen LogP contribution in [-0.2, 0) is 12.8 Å². The maximum atomic E-state index is 13.0. The molecule has 0 saturated carbocycles. The van der Waals surface area contributed by atoms with Crippen LogP contribution in [0.3, 0.4) is 0 Å². The van der Waals surface area contributed by atoms with E-state index in [9.17, 15) is 4.79 Å². The molecule has 2 heterocycles. The summed E-state index contributed by atoms with van der Waals surface area (Å²) in [5.74, 6) is 1.39. The second kappa shape index (κ2) is 6.99. The van der Waals surface area contributed by atoms with Crippen molar-refractivity contribution in [3.63, 3.8) is 0 Å². The number of pyridine rings is 1. The lowest BCUT2D eigenvalue weighted by Gasteiger charge is -2.26. The van der Waals surface area contributed by atoms with Gasteiger partial charge in [0.15, 0.2) is 5.82 Å². The van der Waals surface area contributed by atoms with Gasteiger partial charge in [0.1, 0.15) is 0 Å². The number of benzene rings is 1. The Morgan fingerprint density at radius 2 is 2.04 bits per heavy atom. The SMILES string of the molecule is COc1cccc(-n2ncc3c(c2=O)CCC(c2ccc(C)cc2C)C3)n1. The van der Waals surface area contributed by atoms with E-state index in [2.05, 4.69) is 42.1 Å². The molecule has 2 aromatic heterocycles. The molecular formula is C22H23N3O2. The molecule has 5 nitrogen and oxygen atoms in total. The van der Waals surface area contributed by atoms with Crippen LogP contribution in [0.25, 0.3) is 5.82 Å². The number of aryl methyl sites for hydroxylation is 2. The molecule has 1 aliphatic rings. The summed E-state index contributed by atoms with van der Waals surface area (Å²) in [7, 11) is 1.56. The summed E-state index contributed by atoms with van der Waals surface area (Å²) in [5, 5.41) is 4.39. The van der Waals surface area contributed by atoms with E-state index in [0.717, 1.165) is 30.4 Å². The standard InChI is InChI=1S/C22H23N3O2/c1-14-7-9-18(15(2)11-14)16-8-10-19-17(12-16)13-23-25(22(19)26)20-5-4-6-21(24-20)27-3/h4-7,9,11,13,16H,8,10,12H2,1-3H3. The number of hydrogen-bond acceptors (Lipinski definition) is 4. The van der Waals surface area contributed by atoms with Crippen molar-refractivity contribution in [2.45, 2.75) is 39.0 Å². The van der Waals surface area contributed by atoms with Crippen LogP contribution in [0.15, 0.2) is 47.4 Å². The van der Waals surface area contributed by atoms with Gasteiger partial charge in [0.2, 0.25) is 5.88 Å². The van der Waals surface area contributed by atoms with Crippen molar-refractivity contribution in [3.8, 4) is 11.7 Å². The molecule has 1 aliphatic carbocycles. The van der Waals surface area contributed by atoms with Gasteiger partial charge in [0, 0.05) is 11.6 Å². The average Bonchev–Trinajstić information content (AvgIpc) is 2.68. The minimum Gasteiger partial charge on any atom is -0.481 e. The van der Waals surface area contributed by atoms with Crippen LogP contribution in [0.2, 0.25) is 0 Å². The summed E-state index contributed by atoms with van der Waals surface area (Å²) in [5.41, 5.74) is 5.82. The molecule has 1 atom stereocenters. The highest BCUT2D eigenvalue weighted by molar-refractivity contribution is 5.38. The van der Waals surface area contributed by atoms with Gasteiger partial charge in [-0.15, -0.1) is 0 Å². The summed E-state index contributed by atoms with van der Waals surface area (Å²) in [6.45, 7) is 4.29. The van der Waals surface area contributed by atoms with Crippen molar-refractivity contribution in [1.82, 2.24) is 14.8 Å². The van der Waals surface area contributed by atoms with Gasteiger partial charge in [0.25, 0.3) is 5.56 Å². The van der Waals surface area contributed by atoms with Gasteiger partial charge in [-0.05, 0) is 61.8 Å². The highest BCUT2D eigenvalue weighted by atomic mass is 16.5. The van der Waals surface area contributed by atoms with Crippen LogP contribution in [0.5, 0.6) is 5.88 Å². The Balaban J connectivity index is 1.68. The fraction of sp³-hybridized carbons (Fsp3) is 0.318. The smallest absolute Gasteiger partial charge is 0.276 e. The largest absolute Gasteiger partial charge is 0.481 e. The quantitative estimate of drug-likeness (QED) is 0.716. The van der Waals surface area contributed by atoms with Crippen molar-refractivity contribution < 1.29 is 4.74 Å². The Labute approximate surface area is 158 Å². The fourth-order valence-electron chi connectivity index (χ4n) is 4.00. The minimum atomic E-state index is -0.0765. The van der Waals surface area contributed by atoms with Gasteiger partial charge in [-0.2, -0.15) is 14.8 Å². The molecule has 0 radical (unpaired) electrons. The van der Waals surface area contributed by atoms with Crippen molar-refractivity contribution in [2.75, 3.05) is 7.11 Å². The zero-order valence-corrected chi connectivity index (χ0v) is 15.9. The summed E-state index contributed by atoms with van der Waals surface area (Å²) in [6, 6.07) is 12.0. The molecular weight excluding hydrogens is 338 g/mol. The van der Waals surface area contributed by atoms with Crippen LogP contribution >= 0.6 is 0 Å². The average molecular weight is 361 g/mol. The number of rotatable bonds is 3. The van der Waals surface area contributed by atoms with E-state index in [1.54, 1.807) is 19.2 Å². The van der Waals surface area contributed by atoms with E-state index < -0.39 is 0 Å². The van der Waals surface area contributed by atoms with Crippen molar-refractivity contribution in [1.29, 1.82) is 0 Å². The van der Waals surface area contributed by atoms with Crippen LogP contribution in [0.4, 0.5) is 0 Å². The Kier molecular flexibility index (Phi) is 4.52. The lowest BCUT2D eigenvalue weighted by molar-refractivity contribution is 0.396. The maximum Gasteiger partial charge on any atom is 0.276 e. The number of methoxy groups -OCH3 is 1.